The molecule has 3 rings (SSSR count). The SMILES string of the molecule is CC1=C(n2cc[n+](C)c2)c2c(C)cccc2[Si]1(C)C. The maximum Gasteiger partial charge on any atom is 0.248 e. The van der Waals surface area contributed by atoms with E-state index in [9.17, 15) is 0 Å². The molecule has 0 bridgehead atoms. The van der Waals surface area contributed by atoms with Crippen molar-refractivity contribution in [2.24, 2.45) is 7.05 Å². The van der Waals surface area contributed by atoms with Gasteiger partial charge in [0.05, 0.1) is 7.05 Å². The largest absolute Gasteiger partial charge is 0.248 e. The van der Waals surface area contributed by atoms with Crippen molar-refractivity contribution in [2.75, 3.05) is 0 Å². The van der Waals surface area contributed by atoms with Gasteiger partial charge in [-0.1, -0.05) is 31.3 Å². The molecule has 3 heteroatoms. The van der Waals surface area contributed by atoms with Gasteiger partial charge in [0.25, 0.3) is 0 Å². The number of benzene rings is 1. The van der Waals surface area contributed by atoms with Gasteiger partial charge in [0, 0.05) is 5.56 Å². The van der Waals surface area contributed by atoms with E-state index < -0.39 is 8.07 Å². The maximum atomic E-state index is 2.46. The Morgan fingerprint density at radius 3 is 2.53 bits per heavy atom. The van der Waals surface area contributed by atoms with Crippen LogP contribution in [0.1, 0.15) is 18.1 Å². The van der Waals surface area contributed by atoms with Gasteiger partial charge >= 0.3 is 0 Å². The van der Waals surface area contributed by atoms with Crippen LogP contribution in [0.3, 0.4) is 0 Å². The first-order valence-corrected chi connectivity index (χ1v) is 9.78. The quantitative estimate of drug-likeness (QED) is 0.555. The molecule has 1 aliphatic rings. The molecule has 0 saturated heterocycles. The van der Waals surface area contributed by atoms with E-state index in [1.165, 1.54) is 16.8 Å². The number of hydrogen-bond donors (Lipinski definition) is 0. The second kappa shape index (κ2) is 3.94. The van der Waals surface area contributed by atoms with Crippen LogP contribution in [-0.4, -0.2) is 12.6 Å². The third-order valence-corrected chi connectivity index (χ3v) is 8.38. The van der Waals surface area contributed by atoms with Crippen molar-refractivity contribution in [1.82, 2.24) is 4.57 Å². The van der Waals surface area contributed by atoms with Crippen LogP contribution in [-0.2, 0) is 7.05 Å². The van der Waals surface area contributed by atoms with Gasteiger partial charge in [0.15, 0.2) is 0 Å². The zero-order chi connectivity index (χ0) is 13.8. The summed E-state index contributed by atoms with van der Waals surface area (Å²) in [6, 6.07) is 6.76. The molecular weight excluding hydrogens is 248 g/mol. The second-order valence-corrected chi connectivity index (χ2v) is 10.6. The average molecular weight is 269 g/mol. The van der Waals surface area contributed by atoms with E-state index in [1.807, 2.05) is 0 Å². The summed E-state index contributed by atoms with van der Waals surface area (Å²) in [5.74, 6) is 0. The summed E-state index contributed by atoms with van der Waals surface area (Å²) >= 11 is 0. The minimum atomic E-state index is -1.48. The number of rotatable bonds is 1. The van der Waals surface area contributed by atoms with Gasteiger partial charge in [0.2, 0.25) is 6.33 Å². The molecule has 0 N–H and O–H groups in total. The standard InChI is InChI=1S/C16H21N2Si/c1-12-7-6-8-14-15(12)16(13(2)19(14,4)5)18-10-9-17(3)11-18/h6-11H,1-5H3/q+1. The van der Waals surface area contributed by atoms with Crippen LogP contribution < -0.4 is 9.75 Å². The van der Waals surface area contributed by atoms with Gasteiger partial charge in [-0.25, -0.2) is 9.13 Å². The Morgan fingerprint density at radius 2 is 1.89 bits per heavy atom. The molecule has 1 aromatic carbocycles. The Hall–Kier alpha value is -1.61. The highest BCUT2D eigenvalue weighted by molar-refractivity contribution is 6.98. The maximum absolute atomic E-state index is 2.46. The molecule has 0 saturated carbocycles. The van der Waals surface area contributed by atoms with Gasteiger partial charge < -0.3 is 0 Å². The lowest BCUT2D eigenvalue weighted by atomic mass is 10.1. The Balaban J connectivity index is 2.34. The average Bonchev–Trinajstić information content (AvgIpc) is 2.84. The van der Waals surface area contributed by atoms with Gasteiger partial charge in [0.1, 0.15) is 26.2 Å². The summed E-state index contributed by atoms with van der Waals surface area (Å²) < 4.78 is 4.38. The molecule has 2 aromatic rings. The first kappa shape index (κ1) is 12.4. The van der Waals surface area contributed by atoms with Crippen molar-refractivity contribution in [3.63, 3.8) is 0 Å². The third-order valence-electron chi connectivity index (χ3n) is 4.50. The molecule has 0 aliphatic carbocycles. The zero-order valence-electron chi connectivity index (χ0n) is 12.4. The summed E-state index contributed by atoms with van der Waals surface area (Å²) in [5, 5.41) is 3.16. The molecule has 1 aliphatic heterocycles. The molecule has 2 heterocycles. The van der Waals surface area contributed by atoms with Crippen LogP contribution >= 0.6 is 0 Å². The normalized spacial score (nSPS) is 16.9. The Bertz CT molecular complexity index is 693. The van der Waals surface area contributed by atoms with E-state index in [2.05, 4.69) is 80.0 Å². The molecule has 0 unspecified atom stereocenters. The molecule has 19 heavy (non-hydrogen) atoms. The highest BCUT2D eigenvalue weighted by atomic mass is 28.3. The molecule has 0 radical (unpaired) electrons. The number of fused-ring (bicyclic) bond motifs is 1. The fourth-order valence-corrected chi connectivity index (χ4v) is 5.80. The van der Waals surface area contributed by atoms with E-state index in [-0.39, 0.29) is 0 Å². The summed E-state index contributed by atoms with van der Waals surface area (Å²) in [6.45, 7) is 9.46. The molecule has 0 fully saturated rings. The van der Waals surface area contributed by atoms with E-state index in [1.54, 1.807) is 10.4 Å². The fraction of sp³-hybridized carbons (Fsp3) is 0.312. The number of aromatic nitrogens is 2. The summed E-state index contributed by atoms with van der Waals surface area (Å²) in [4.78, 5) is 0. The molecule has 0 spiro atoms. The Labute approximate surface area is 116 Å². The Kier molecular flexibility index (Phi) is 2.57. The second-order valence-electron chi connectivity index (χ2n) is 6.08. The Morgan fingerprint density at radius 1 is 1.16 bits per heavy atom. The van der Waals surface area contributed by atoms with Crippen molar-refractivity contribution in [1.29, 1.82) is 0 Å². The van der Waals surface area contributed by atoms with Crippen LogP contribution in [0.4, 0.5) is 0 Å². The van der Waals surface area contributed by atoms with Gasteiger partial charge in [-0.15, -0.1) is 0 Å². The van der Waals surface area contributed by atoms with Crippen molar-refractivity contribution in [3.05, 3.63) is 53.2 Å². The van der Waals surface area contributed by atoms with E-state index in [4.69, 9.17) is 0 Å². The minimum Gasteiger partial charge on any atom is -0.239 e. The molecule has 98 valence electrons. The van der Waals surface area contributed by atoms with E-state index in [0.29, 0.717) is 0 Å². The van der Waals surface area contributed by atoms with Crippen LogP contribution in [0.15, 0.2) is 42.1 Å². The smallest absolute Gasteiger partial charge is 0.239 e. The lowest BCUT2D eigenvalue weighted by Gasteiger charge is -2.18. The fourth-order valence-electron chi connectivity index (χ4n) is 3.09. The van der Waals surface area contributed by atoms with Crippen LogP contribution in [0.2, 0.25) is 13.1 Å². The van der Waals surface area contributed by atoms with Crippen LogP contribution in [0.25, 0.3) is 5.70 Å². The van der Waals surface area contributed by atoms with Crippen molar-refractivity contribution >= 4 is 19.0 Å². The number of allylic oxidation sites excluding steroid dienone is 1. The molecular formula is C16H21N2Si+. The predicted molar refractivity (Wildman–Crippen MR) is 81.9 cm³/mol. The number of nitrogens with zero attached hydrogens (tertiary/aromatic N) is 2. The topological polar surface area (TPSA) is 8.81 Å². The minimum absolute atomic E-state index is 1.39. The summed E-state index contributed by atoms with van der Waals surface area (Å²) in [7, 11) is 0.589. The molecule has 0 atom stereocenters. The van der Waals surface area contributed by atoms with Gasteiger partial charge in [-0.05, 0) is 29.8 Å². The van der Waals surface area contributed by atoms with Crippen LogP contribution in [0, 0.1) is 6.92 Å². The third kappa shape index (κ3) is 1.65. The van der Waals surface area contributed by atoms with Crippen molar-refractivity contribution in [3.8, 4) is 0 Å². The van der Waals surface area contributed by atoms with E-state index >= 15 is 0 Å². The van der Waals surface area contributed by atoms with Gasteiger partial charge in [-0.2, -0.15) is 0 Å². The molecule has 0 amide bonds. The summed E-state index contributed by atoms with van der Waals surface area (Å²) in [5.41, 5.74) is 4.26. The predicted octanol–water partition coefficient (Wildman–Crippen LogP) is 2.37. The zero-order valence-corrected chi connectivity index (χ0v) is 13.4. The summed E-state index contributed by atoms with van der Waals surface area (Å²) in [6.07, 6.45) is 6.42. The lowest BCUT2D eigenvalue weighted by Crippen LogP contribution is -2.40. The monoisotopic (exact) mass is 269 g/mol. The van der Waals surface area contributed by atoms with Gasteiger partial charge in [-0.3, -0.25) is 0 Å². The highest BCUT2D eigenvalue weighted by Crippen LogP contribution is 2.35. The first-order chi connectivity index (χ1) is 8.93. The van der Waals surface area contributed by atoms with Crippen molar-refractivity contribution in [2.45, 2.75) is 26.9 Å². The van der Waals surface area contributed by atoms with Crippen molar-refractivity contribution < 1.29 is 4.57 Å². The molecule has 1 aromatic heterocycles. The number of aryl methyl sites for hydroxylation is 2. The number of imidazole rings is 1. The first-order valence-electron chi connectivity index (χ1n) is 6.78. The molecule has 2 nitrogen and oxygen atoms in total. The highest BCUT2D eigenvalue weighted by Gasteiger charge is 2.40. The number of hydrogen-bond acceptors (Lipinski definition) is 0. The van der Waals surface area contributed by atoms with E-state index in [0.717, 1.165) is 0 Å². The van der Waals surface area contributed by atoms with Crippen LogP contribution in [0.5, 0.6) is 0 Å². The lowest BCUT2D eigenvalue weighted by molar-refractivity contribution is -0.670.